The summed E-state index contributed by atoms with van der Waals surface area (Å²) in [5.41, 5.74) is 0. The summed E-state index contributed by atoms with van der Waals surface area (Å²) in [5.74, 6) is 3.79. The highest BCUT2D eigenvalue weighted by Gasteiger charge is 2.28. The van der Waals surface area contributed by atoms with Gasteiger partial charge in [-0.05, 0) is 30.1 Å². The summed E-state index contributed by atoms with van der Waals surface area (Å²) >= 11 is 0. The van der Waals surface area contributed by atoms with Crippen LogP contribution in [-0.4, -0.2) is 0 Å². The molecule has 0 aliphatic rings. The van der Waals surface area contributed by atoms with Crippen LogP contribution in [0.2, 0.25) is 0 Å². The minimum Gasteiger partial charge on any atom is -0.0654 e. The van der Waals surface area contributed by atoms with Gasteiger partial charge in [0.1, 0.15) is 0 Å². The van der Waals surface area contributed by atoms with Gasteiger partial charge in [-0.25, -0.2) is 0 Å². The van der Waals surface area contributed by atoms with E-state index in [9.17, 15) is 0 Å². The van der Waals surface area contributed by atoms with Gasteiger partial charge in [-0.3, -0.25) is 0 Å². The van der Waals surface area contributed by atoms with E-state index in [2.05, 4.69) is 41.5 Å². The molecular formula is C21H44. The smallest absolute Gasteiger partial charge is 0.0358 e. The predicted octanol–water partition coefficient (Wildman–Crippen LogP) is 7.86. The maximum absolute atomic E-state index is 2.51. The molecule has 0 bridgehead atoms. The molecule has 128 valence electrons. The van der Waals surface area contributed by atoms with Gasteiger partial charge in [0, 0.05) is 0 Å². The molecule has 0 aromatic carbocycles. The Morgan fingerprint density at radius 1 is 0.571 bits per heavy atom. The van der Waals surface area contributed by atoms with Crippen LogP contribution in [0.3, 0.4) is 0 Å². The highest BCUT2D eigenvalue weighted by atomic mass is 14.3. The lowest BCUT2D eigenvalue weighted by molar-refractivity contribution is 0.139. The third-order valence-electron chi connectivity index (χ3n) is 5.94. The lowest BCUT2D eigenvalue weighted by atomic mass is 9.69. The molecule has 0 aromatic rings. The molecule has 21 heavy (non-hydrogen) atoms. The van der Waals surface area contributed by atoms with E-state index in [4.69, 9.17) is 0 Å². The topological polar surface area (TPSA) is 0 Å². The molecule has 3 atom stereocenters. The van der Waals surface area contributed by atoms with Gasteiger partial charge in [-0.1, -0.05) is 106 Å². The van der Waals surface area contributed by atoms with Gasteiger partial charge in [-0.2, -0.15) is 0 Å². The predicted molar refractivity (Wildman–Crippen MR) is 98.8 cm³/mol. The van der Waals surface area contributed by atoms with Crippen molar-refractivity contribution in [3.63, 3.8) is 0 Å². The molecule has 0 aromatic heterocycles. The average molecular weight is 297 g/mol. The van der Waals surface area contributed by atoms with Crippen molar-refractivity contribution < 1.29 is 0 Å². The van der Waals surface area contributed by atoms with Crippen molar-refractivity contribution in [3.8, 4) is 0 Å². The van der Waals surface area contributed by atoms with Crippen LogP contribution in [0.1, 0.15) is 112 Å². The Morgan fingerprint density at radius 3 is 1.62 bits per heavy atom. The third kappa shape index (κ3) is 8.27. The van der Waals surface area contributed by atoms with Crippen molar-refractivity contribution in [1.29, 1.82) is 0 Å². The molecule has 0 saturated carbocycles. The molecular weight excluding hydrogens is 252 g/mol. The summed E-state index contributed by atoms with van der Waals surface area (Å²) in [4.78, 5) is 0. The SMILES string of the molecule is CCCCCCCCC(C(C)CC)C(CC)C(CC)CC. The lowest BCUT2D eigenvalue weighted by Crippen LogP contribution is -2.27. The van der Waals surface area contributed by atoms with Crippen LogP contribution in [0.4, 0.5) is 0 Å². The van der Waals surface area contributed by atoms with E-state index in [-0.39, 0.29) is 0 Å². The van der Waals surface area contributed by atoms with Gasteiger partial charge in [0.05, 0.1) is 0 Å². The maximum Gasteiger partial charge on any atom is -0.0358 e. The van der Waals surface area contributed by atoms with Crippen molar-refractivity contribution in [1.82, 2.24) is 0 Å². The Kier molecular flexibility index (Phi) is 13.6. The first-order valence-electron chi connectivity index (χ1n) is 10.2. The van der Waals surface area contributed by atoms with Gasteiger partial charge in [0.25, 0.3) is 0 Å². The highest BCUT2D eigenvalue weighted by Crippen LogP contribution is 2.38. The van der Waals surface area contributed by atoms with E-state index in [1.165, 1.54) is 70.6 Å². The van der Waals surface area contributed by atoms with Crippen LogP contribution in [0, 0.1) is 23.7 Å². The molecule has 0 fully saturated rings. The van der Waals surface area contributed by atoms with Crippen molar-refractivity contribution >= 4 is 0 Å². The number of hydrogen-bond donors (Lipinski definition) is 0. The molecule has 0 aliphatic heterocycles. The van der Waals surface area contributed by atoms with Crippen LogP contribution >= 0.6 is 0 Å². The van der Waals surface area contributed by atoms with Crippen molar-refractivity contribution in [2.75, 3.05) is 0 Å². The van der Waals surface area contributed by atoms with Gasteiger partial charge < -0.3 is 0 Å². The van der Waals surface area contributed by atoms with Crippen LogP contribution in [0.25, 0.3) is 0 Å². The van der Waals surface area contributed by atoms with E-state index in [0.29, 0.717) is 0 Å². The maximum atomic E-state index is 2.51. The molecule has 0 saturated heterocycles. The Balaban J connectivity index is 4.41. The lowest BCUT2D eigenvalue weighted by Gasteiger charge is -2.36. The first-order chi connectivity index (χ1) is 10.2. The number of unbranched alkanes of at least 4 members (excludes halogenated alkanes) is 5. The fourth-order valence-electron chi connectivity index (χ4n) is 4.26. The monoisotopic (exact) mass is 296 g/mol. The molecule has 0 rings (SSSR count). The largest absolute Gasteiger partial charge is 0.0654 e. The highest BCUT2D eigenvalue weighted by molar-refractivity contribution is 4.78. The molecule has 0 nitrogen and oxygen atoms in total. The van der Waals surface area contributed by atoms with Gasteiger partial charge >= 0.3 is 0 Å². The van der Waals surface area contributed by atoms with Crippen molar-refractivity contribution in [2.45, 2.75) is 112 Å². The summed E-state index contributed by atoms with van der Waals surface area (Å²) in [6.07, 6.45) is 15.6. The second-order valence-electron chi connectivity index (χ2n) is 7.25. The Labute approximate surface area is 136 Å². The van der Waals surface area contributed by atoms with Crippen molar-refractivity contribution in [2.24, 2.45) is 23.7 Å². The summed E-state index contributed by atoms with van der Waals surface area (Å²) < 4.78 is 0. The Morgan fingerprint density at radius 2 is 1.14 bits per heavy atom. The zero-order valence-corrected chi connectivity index (χ0v) is 16.1. The molecule has 0 radical (unpaired) electrons. The average Bonchev–Trinajstić information content (AvgIpc) is 2.52. The summed E-state index contributed by atoms with van der Waals surface area (Å²) in [6, 6.07) is 0. The van der Waals surface area contributed by atoms with Gasteiger partial charge in [-0.15, -0.1) is 0 Å². The molecule has 0 amide bonds. The van der Waals surface area contributed by atoms with E-state index in [1.54, 1.807) is 0 Å². The first kappa shape index (κ1) is 21.0. The minimum absolute atomic E-state index is 0.909. The van der Waals surface area contributed by atoms with Crippen LogP contribution in [0.5, 0.6) is 0 Å². The second-order valence-corrected chi connectivity index (χ2v) is 7.25. The quantitative estimate of drug-likeness (QED) is 0.286. The van der Waals surface area contributed by atoms with E-state index in [1.807, 2.05) is 0 Å². The zero-order chi connectivity index (χ0) is 16.1. The molecule has 0 heterocycles. The normalized spacial score (nSPS) is 16.1. The molecule has 0 heteroatoms. The van der Waals surface area contributed by atoms with E-state index in [0.717, 1.165) is 23.7 Å². The number of rotatable bonds is 14. The Hall–Kier alpha value is 0. The van der Waals surface area contributed by atoms with Crippen LogP contribution in [0.15, 0.2) is 0 Å². The van der Waals surface area contributed by atoms with E-state index < -0.39 is 0 Å². The third-order valence-corrected chi connectivity index (χ3v) is 5.94. The molecule has 3 unspecified atom stereocenters. The second kappa shape index (κ2) is 13.6. The van der Waals surface area contributed by atoms with E-state index >= 15 is 0 Å². The fraction of sp³-hybridized carbons (Fsp3) is 1.00. The minimum atomic E-state index is 0.909. The standard InChI is InChI=1S/C21H44/c1-7-12-13-14-15-16-17-21(18(6)8-2)20(11-5)19(9-3)10-4/h18-21H,7-17H2,1-6H3. The summed E-state index contributed by atoms with van der Waals surface area (Å²) in [5, 5.41) is 0. The zero-order valence-electron chi connectivity index (χ0n) is 16.1. The van der Waals surface area contributed by atoms with Crippen LogP contribution in [-0.2, 0) is 0 Å². The summed E-state index contributed by atoms with van der Waals surface area (Å²) in [6.45, 7) is 14.4. The first-order valence-corrected chi connectivity index (χ1v) is 10.2. The summed E-state index contributed by atoms with van der Waals surface area (Å²) in [7, 11) is 0. The van der Waals surface area contributed by atoms with Gasteiger partial charge in [0.15, 0.2) is 0 Å². The molecule has 0 aliphatic carbocycles. The Bertz CT molecular complexity index is 204. The molecule has 0 N–H and O–H groups in total. The van der Waals surface area contributed by atoms with Crippen molar-refractivity contribution in [3.05, 3.63) is 0 Å². The van der Waals surface area contributed by atoms with Crippen LogP contribution < -0.4 is 0 Å². The molecule has 0 spiro atoms. The number of hydrogen-bond acceptors (Lipinski definition) is 0. The fourth-order valence-corrected chi connectivity index (χ4v) is 4.26. The van der Waals surface area contributed by atoms with Gasteiger partial charge in [0.2, 0.25) is 0 Å².